The minimum atomic E-state index is -0.550. The molecule has 0 saturated heterocycles. The summed E-state index contributed by atoms with van der Waals surface area (Å²) in [5.74, 6) is -0.419. The predicted octanol–water partition coefficient (Wildman–Crippen LogP) is 0.627. The highest BCUT2D eigenvalue weighted by atomic mass is 19.1. The number of hydrogen-bond acceptors (Lipinski definition) is 5. The number of halogens is 1. The van der Waals surface area contributed by atoms with E-state index >= 15 is 0 Å². The summed E-state index contributed by atoms with van der Waals surface area (Å²) in [6, 6.07) is 1.40. The van der Waals surface area contributed by atoms with Crippen molar-refractivity contribution in [2.45, 2.75) is 0 Å². The zero-order valence-electron chi connectivity index (χ0n) is 7.18. The normalized spacial score (nSPS) is 14.2. The quantitative estimate of drug-likeness (QED) is 0.686. The zero-order valence-corrected chi connectivity index (χ0v) is 7.18. The van der Waals surface area contributed by atoms with Crippen LogP contribution in [0.4, 0.5) is 15.9 Å². The molecule has 1 aliphatic rings. The number of hydrazone groups is 1. The molecular weight excluding hydrogens is 185 g/mol. The molecule has 1 aromatic heterocycles. The number of anilines is 2. The van der Waals surface area contributed by atoms with Gasteiger partial charge in [-0.3, -0.25) is 10.3 Å². The molecule has 0 fully saturated rings. The first kappa shape index (κ1) is 8.49. The molecule has 3 N–H and O–H groups in total. The Hall–Kier alpha value is -2.11. The number of nitrogens with two attached hydrogens (primary N) is 1. The number of hydrogen-bond donors (Lipinski definition) is 2. The van der Waals surface area contributed by atoms with Crippen molar-refractivity contribution in [1.82, 2.24) is 10.4 Å². The van der Waals surface area contributed by atoms with Gasteiger partial charge in [0.1, 0.15) is 6.34 Å². The molecule has 0 unspecified atom stereocenters. The average molecular weight is 193 g/mol. The fourth-order valence-electron chi connectivity index (χ4n) is 1.04. The lowest BCUT2D eigenvalue weighted by atomic mass is 10.3. The van der Waals surface area contributed by atoms with Crippen LogP contribution < -0.4 is 16.1 Å². The van der Waals surface area contributed by atoms with Crippen LogP contribution in [0.25, 0.3) is 0 Å². The number of rotatable bonds is 1. The summed E-state index contributed by atoms with van der Waals surface area (Å²) in [5.41, 5.74) is 8.05. The van der Waals surface area contributed by atoms with Gasteiger partial charge in [-0.15, -0.1) is 0 Å². The molecule has 0 bridgehead atoms. The Morgan fingerprint density at radius 2 is 2.36 bits per heavy atom. The first-order chi connectivity index (χ1) is 6.79. The summed E-state index contributed by atoms with van der Waals surface area (Å²) in [6.07, 6.45) is 6.00. The molecular formula is C8H8FN5. The van der Waals surface area contributed by atoms with E-state index in [2.05, 4.69) is 15.5 Å². The Balaban J connectivity index is 2.40. The topological polar surface area (TPSA) is 66.5 Å². The summed E-state index contributed by atoms with van der Waals surface area (Å²) in [6.45, 7) is 0. The molecule has 5 nitrogen and oxygen atoms in total. The van der Waals surface area contributed by atoms with Crippen LogP contribution in [-0.2, 0) is 0 Å². The highest BCUT2D eigenvalue weighted by molar-refractivity contribution is 5.81. The van der Waals surface area contributed by atoms with Crippen molar-refractivity contribution in [2.24, 2.45) is 5.10 Å². The van der Waals surface area contributed by atoms with E-state index in [0.29, 0.717) is 0 Å². The first-order valence-corrected chi connectivity index (χ1v) is 3.93. The molecule has 1 aromatic rings. The molecule has 0 amide bonds. The second-order valence-corrected chi connectivity index (χ2v) is 2.63. The fraction of sp³-hybridized carbons (Fsp3) is 0. The second-order valence-electron chi connectivity index (χ2n) is 2.63. The van der Waals surface area contributed by atoms with Gasteiger partial charge in [0.25, 0.3) is 0 Å². The van der Waals surface area contributed by atoms with Crippen LogP contribution in [0.5, 0.6) is 0 Å². The number of aromatic nitrogens is 1. The maximum atomic E-state index is 13.4. The van der Waals surface area contributed by atoms with E-state index in [1.54, 1.807) is 12.4 Å². The number of nitrogens with one attached hydrogen (secondary N) is 1. The molecule has 0 saturated carbocycles. The lowest BCUT2D eigenvalue weighted by Gasteiger charge is -2.16. The lowest BCUT2D eigenvalue weighted by molar-refractivity contribution is 0.627. The maximum absolute atomic E-state index is 13.4. The first-order valence-electron chi connectivity index (χ1n) is 3.93. The van der Waals surface area contributed by atoms with Crippen molar-refractivity contribution in [3.05, 3.63) is 30.5 Å². The van der Waals surface area contributed by atoms with Gasteiger partial charge in [-0.25, -0.2) is 9.37 Å². The molecule has 2 heterocycles. The van der Waals surface area contributed by atoms with Crippen molar-refractivity contribution < 1.29 is 4.39 Å². The van der Waals surface area contributed by atoms with Crippen LogP contribution in [0.3, 0.4) is 0 Å². The van der Waals surface area contributed by atoms with Gasteiger partial charge in [0.05, 0.1) is 5.69 Å². The number of nitrogens with zero attached hydrogens (tertiary/aromatic N) is 3. The summed E-state index contributed by atoms with van der Waals surface area (Å²) >= 11 is 0. The molecule has 0 atom stereocenters. The van der Waals surface area contributed by atoms with Gasteiger partial charge in [-0.2, -0.15) is 5.10 Å². The van der Waals surface area contributed by atoms with Crippen molar-refractivity contribution >= 4 is 17.8 Å². The van der Waals surface area contributed by atoms with Crippen LogP contribution in [0, 0.1) is 5.82 Å². The van der Waals surface area contributed by atoms with E-state index in [0.717, 1.165) is 0 Å². The summed E-state index contributed by atoms with van der Waals surface area (Å²) in [4.78, 5) is 5.30. The summed E-state index contributed by atoms with van der Waals surface area (Å²) in [7, 11) is 0. The zero-order chi connectivity index (χ0) is 9.97. The van der Waals surface area contributed by atoms with Gasteiger partial charge < -0.3 is 5.73 Å². The third-order valence-electron chi connectivity index (χ3n) is 1.71. The van der Waals surface area contributed by atoms with Crippen LogP contribution >= 0.6 is 0 Å². The molecule has 0 spiro atoms. The minimum absolute atomic E-state index is 0.0651. The molecule has 14 heavy (non-hydrogen) atoms. The molecule has 0 radical (unpaired) electrons. The summed E-state index contributed by atoms with van der Waals surface area (Å²) < 4.78 is 13.4. The Bertz CT molecular complexity index is 389. The fourth-order valence-corrected chi connectivity index (χ4v) is 1.04. The van der Waals surface area contributed by atoms with E-state index in [1.165, 1.54) is 23.5 Å². The highest BCUT2D eigenvalue weighted by Crippen LogP contribution is 2.20. The van der Waals surface area contributed by atoms with Crippen LogP contribution in [0.2, 0.25) is 0 Å². The molecule has 0 aromatic carbocycles. The average Bonchev–Trinajstić information content (AvgIpc) is 2.23. The van der Waals surface area contributed by atoms with Crippen molar-refractivity contribution in [3.63, 3.8) is 0 Å². The monoisotopic (exact) mass is 193 g/mol. The van der Waals surface area contributed by atoms with Gasteiger partial charge in [0, 0.05) is 18.6 Å². The van der Waals surface area contributed by atoms with Crippen molar-refractivity contribution in [3.8, 4) is 0 Å². The Labute approximate surface area is 79.7 Å². The van der Waals surface area contributed by atoms with E-state index < -0.39 is 5.82 Å². The van der Waals surface area contributed by atoms with Gasteiger partial charge in [-0.05, 0) is 6.07 Å². The number of nitrogen functional groups attached to an aromatic ring is 1. The van der Waals surface area contributed by atoms with Crippen molar-refractivity contribution in [1.29, 1.82) is 0 Å². The van der Waals surface area contributed by atoms with Crippen molar-refractivity contribution in [2.75, 3.05) is 10.6 Å². The smallest absolute Gasteiger partial charge is 0.189 e. The largest absolute Gasteiger partial charge is 0.396 e. The second kappa shape index (κ2) is 3.33. The molecule has 2 rings (SSSR count). The minimum Gasteiger partial charge on any atom is -0.396 e. The predicted molar refractivity (Wildman–Crippen MR) is 51.9 cm³/mol. The standard InChI is InChI=1S/C8H8FN5/c9-7-6(10)1-2-11-8(7)14-4-3-12-13-5-14/h1-5,12H,(H2,10,11). The lowest BCUT2D eigenvalue weighted by Crippen LogP contribution is -2.22. The van der Waals surface area contributed by atoms with E-state index in [4.69, 9.17) is 5.73 Å². The maximum Gasteiger partial charge on any atom is 0.189 e. The van der Waals surface area contributed by atoms with Gasteiger partial charge in [-0.1, -0.05) is 0 Å². The molecule has 0 aliphatic carbocycles. The van der Waals surface area contributed by atoms with E-state index in [9.17, 15) is 4.39 Å². The Morgan fingerprint density at radius 3 is 3.07 bits per heavy atom. The summed E-state index contributed by atoms with van der Waals surface area (Å²) in [5, 5.41) is 3.72. The van der Waals surface area contributed by atoms with Crippen LogP contribution in [0.15, 0.2) is 29.8 Å². The third kappa shape index (κ3) is 1.37. The van der Waals surface area contributed by atoms with Gasteiger partial charge in [0.2, 0.25) is 0 Å². The third-order valence-corrected chi connectivity index (χ3v) is 1.71. The van der Waals surface area contributed by atoms with E-state index in [-0.39, 0.29) is 11.5 Å². The Kier molecular flexibility index (Phi) is 2.02. The SMILES string of the molecule is Nc1ccnc(N2C=CNN=C2)c1F. The Morgan fingerprint density at radius 1 is 1.50 bits per heavy atom. The van der Waals surface area contributed by atoms with Crippen LogP contribution in [-0.4, -0.2) is 11.3 Å². The van der Waals surface area contributed by atoms with Gasteiger partial charge in [0.15, 0.2) is 11.6 Å². The molecule has 1 aliphatic heterocycles. The number of pyridine rings is 1. The highest BCUT2D eigenvalue weighted by Gasteiger charge is 2.12. The van der Waals surface area contributed by atoms with E-state index in [1.807, 2.05) is 0 Å². The molecule has 72 valence electrons. The van der Waals surface area contributed by atoms with Crippen LogP contribution in [0.1, 0.15) is 0 Å². The molecule has 6 heteroatoms. The van der Waals surface area contributed by atoms with Gasteiger partial charge >= 0.3 is 0 Å².